The topological polar surface area (TPSA) is 29.3 Å². The fraction of sp³-hybridized carbons (Fsp3) is 0.125. The SMILES string of the molecule is NN(/C=C/c1ccccc1)CCc1ccccc1. The van der Waals surface area contributed by atoms with Crippen molar-refractivity contribution in [2.24, 2.45) is 5.84 Å². The number of benzene rings is 2. The molecule has 0 aromatic heterocycles. The van der Waals surface area contributed by atoms with E-state index in [0.29, 0.717) is 0 Å². The summed E-state index contributed by atoms with van der Waals surface area (Å²) in [6, 6.07) is 20.5. The van der Waals surface area contributed by atoms with E-state index in [-0.39, 0.29) is 0 Å². The van der Waals surface area contributed by atoms with Gasteiger partial charge in [0.2, 0.25) is 0 Å². The predicted octanol–water partition coefficient (Wildman–Crippen LogP) is 3.08. The molecule has 2 aromatic rings. The van der Waals surface area contributed by atoms with Gasteiger partial charge >= 0.3 is 0 Å². The summed E-state index contributed by atoms with van der Waals surface area (Å²) in [5, 5.41) is 1.72. The maximum atomic E-state index is 5.92. The molecule has 0 bridgehead atoms. The van der Waals surface area contributed by atoms with Crippen LogP contribution in [0, 0.1) is 0 Å². The maximum absolute atomic E-state index is 5.92. The minimum absolute atomic E-state index is 0.813. The monoisotopic (exact) mass is 238 g/mol. The summed E-state index contributed by atoms with van der Waals surface area (Å²) in [5.74, 6) is 5.92. The molecular weight excluding hydrogens is 220 g/mol. The van der Waals surface area contributed by atoms with E-state index in [1.165, 1.54) is 5.56 Å². The first kappa shape index (κ1) is 12.4. The van der Waals surface area contributed by atoms with Crippen LogP contribution in [0.25, 0.3) is 6.08 Å². The molecule has 0 spiro atoms. The van der Waals surface area contributed by atoms with Gasteiger partial charge in [-0.15, -0.1) is 0 Å². The average Bonchev–Trinajstić information content (AvgIpc) is 2.45. The summed E-state index contributed by atoms with van der Waals surface area (Å²) < 4.78 is 0. The number of nitrogens with two attached hydrogens (primary N) is 1. The molecule has 0 aliphatic carbocycles. The Bertz CT molecular complexity index is 477. The highest BCUT2D eigenvalue weighted by Crippen LogP contribution is 2.03. The van der Waals surface area contributed by atoms with E-state index in [1.54, 1.807) is 5.01 Å². The summed E-state index contributed by atoms with van der Waals surface area (Å²) in [6.45, 7) is 0.813. The van der Waals surface area contributed by atoms with Crippen LogP contribution in [-0.4, -0.2) is 11.6 Å². The fourth-order valence-corrected chi connectivity index (χ4v) is 1.72. The molecule has 0 unspecified atom stereocenters. The van der Waals surface area contributed by atoms with E-state index in [2.05, 4.69) is 36.4 Å². The van der Waals surface area contributed by atoms with Gasteiger partial charge in [-0.1, -0.05) is 60.7 Å². The largest absolute Gasteiger partial charge is 0.318 e. The van der Waals surface area contributed by atoms with Crippen LogP contribution in [0.1, 0.15) is 11.1 Å². The van der Waals surface area contributed by atoms with Crippen molar-refractivity contribution in [3.8, 4) is 0 Å². The molecule has 2 heteroatoms. The number of rotatable bonds is 5. The molecule has 0 aliphatic heterocycles. The molecule has 2 N–H and O–H groups in total. The molecule has 18 heavy (non-hydrogen) atoms. The Morgan fingerprint density at radius 1 is 0.889 bits per heavy atom. The van der Waals surface area contributed by atoms with Gasteiger partial charge < -0.3 is 5.01 Å². The van der Waals surface area contributed by atoms with Crippen molar-refractivity contribution in [1.29, 1.82) is 0 Å². The molecule has 0 saturated carbocycles. The minimum Gasteiger partial charge on any atom is -0.318 e. The van der Waals surface area contributed by atoms with Crippen molar-refractivity contribution in [3.63, 3.8) is 0 Å². The van der Waals surface area contributed by atoms with Gasteiger partial charge in [0.05, 0.1) is 0 Å². The van der Waals surface area contributed by atoms with E-state index in [9.17, 15) is 0 Å². The van der Waals surface area contributed by atoms with E-state index in [0.717, 1.165) is 18.5 Å². The first-order chi connectivity index (χ1) is 8.84. The highest BCUT2D eigenvalue weighted by molar-refractivity contribution is 5.48. The molecule has 0 heterocycles. The molecule has 0 amide bonds. The second kappa shape index (κ2) is 6.62. The number of nitrogens with zero attached hydrogens (tertiary/aromatic N) is 1. The van der Waals surface area contributed by atoms with Gasteiger partial charge in [0.1, 0.15) is 0 Å². The second-order valence-electron chi connectivity index (χ2n) is 4.20. The zero-order valence-corrected chi connectivity index (χ0v) is 10.4. The van der Waals surface area contributed by atoms with Crippen molar-refractivity contribution in [1.82, 2.24) is 5.01 Å². The smallest absolute Gasteiger partial charge is 0.0375 e. The van der Waals surface area contributed by atoms with Crippen LogP contribution in [0.4, 0.5) is 0 Å². The zero-order valence-electron chi connectivity index (χ0n) is 10.4. The molecule has 0 atom stereocenters. The molecule has 0 fully saturated rings. The third-order valence-electron chi connectivity index (χ3n) is 2.76. The van der Waals surface area contributed by atoms with Crippen LogP contribution in [0.3, 0.4) is 0 Å². The standard InChI is InChI=1S/C16H18N2/c17-18(13-11-15-7-3-1-4-8-15)14-12-16-9-5-2-6-10-16/h1-11,13H,12,14,17H2/b13-11+. The lowest BCUT2D eigenvalue weighted by molar-refractivity contribution is 0.400. The molecule has 2 aromatic carbocycles. The van der Waals surface area contributed by atoms with Gasteiger partial charge in [-0.2, -0.15) is 0 Å². The molecule has 0 saturated heterocycles. The van der Waals surface area contributed by atoms with Crippen molar-refractivity contribution >= 4 is 6.08 Å². The molecule has 92 valence electrons. The third kappa shape index (κ3) is 4.07. The Kier molecular flexibility index (Phi) is 4.56. The van der Waals surface area contributed by atoms with E-state index >= 15 is 0 Å². The fourth-order valence-electron chi connectivity index (χ4n) is 1.72. The Hall–Kier alpha value is -2.06. The minimum atomic E-state index is 0.813. The number of hydrazine groups is 1. The molecule has 2 nitrogen and oxygen atoms in total. The Balaban J connectivity index is 1.82. The van der Waals surface area contributed by atoms with E-state index in [1.807, 2.05) is 36.5 Å². The molecule has 0 radical (unpaired) electrons. The van der Waals surface area contributed by atoms with Gasteiger partial charge in [-0.3, -0.25) is 0 Å². The molecule has 2 rings (SSSR count). The van der Waals surface area contributed by atoms with Crippen molar-refractivity contribution in [2.75, 3.05) is 6.54 Å². The predicted molar refractivity (Wildman–Crippen MR) is 76.5 cm³/mol. The summed E-state index contributed by atoms with van der Waals surface area (Å²) >= 11 is 0. The van der Waals surface area contributed by atoms with Crippen LogP contribution in [0.2, 0.25) is 0 Å². The summed E-state index contributed by atoms with van der Waals surface area (Å²) in [6.07, 6.45) is 4.89. The van der Waals surface area contributed by atoms with Crippen molar-refractivity contribution < 1.29 is 0 Å². The van der Waals surface area contributed by atoms with Crippen LogP contribution in [0.5, 0.6) is 0 Å². The van der Waals surface area contributed by atoms with Gasteiger partial charge in [-0.05, 0) is 23.6 Å². The Morgan fingerprint density at radius 3 is 2.17 bits per heavy atom. The first-order valence-electron chi connectivity index (χ1n) is 6.13. The van der Waals surface area contributed by atoms with Crippen LogP contribution < -0.4 is 5.84 Å². The van der Waals surface area contributed by atoms with Gasteiger partial charge in [0, 0.05) is 12.7 Å². The quantitative estimate of drug-likeness (QED) is 0.640. The van der Waals surface area contributed by atoms with Crippen molar-refractivity contribution in [3.05, 3.63) is 78.0 Å². The molecule has 0 aliphatic rings. The summed E-state index contributed by atoms with van der Waals surface area (Å²) in [5.41, 5.74) is 2.47. The summed E-state index contributed by atoms with van der Waals surface area (Å²) in [4.78, 5) is 0. The Labute approximate surface area is 108 Å². The lowest BCUT2D eigenvalue weighted by Crippen LogP contribution is -2.27. The van der Waals surface area contributed by atoms with Crippen LogP contribution >= 0.6 is 0 Å². The van der Waals surface area contributed by atoms with Gasteiger partial charge in [0.15, 0.2) is 0 Å². The number of hydrogen-bond donors (Lipinski definition) is 1. The van der Waals surface area contributed by atoms with E-state index < -0.39 is 0 Å². The highest BCUT2D eigenvalue weighted by atomic mass is 15.4. The third-order valence-corrected chi connectivity index (χ3v) is 2.76. The average molecular weight is 238 g/mol. The van der Waals surface area contributed by atoms with Gasteiger partial charge in [0.25, 0.3) is 0 Å². The summed E-state index contributed by atoms with van der Waals surface area (Å²) in [7, 11) is 0. The van der Waals surface area contributed by atoms with Crippen LogP contribution in [0.15, 0.2) is 66.9 Å². The normalized spacial score (nSPS) is 10.7. The maximum Gasteiger partial charge on any atom is 0.0375 e. The first-order valence-corrected chi connectivity index (χ1v) is 6.13. The zero-order chi connectivity index (χ0) is 12.6. The second-order valence-corrected chi connectivity index (χ2v) is 4.20. The van der Waals surface area contributed by atoms with Crippen LogP contribution in [-0.2, 0) is 6.42 Å². The van der Waals surface area contributed by atoms with Gasteiger partial charge in [-0.25, -0.2) is 5.84 Å². The lowest BCUT2D eigenvalue weighted by Gasteiger charge is -2.13. The van der Waals surface area contributed by atoms with E-state index in [4.69, 9.17) is 5.84 Å². The number of hydrogen-bond acceptors (Lipinski definition) is 2. The molecular formula is C16H18N2. The highest BCUT2D eigenvalue weighted by Gasteiger charge is 1.94. The van der Waals surface area contributed by atoms with Crippen molar-refractivity contribution in [2.45, 2.75) is 6.42 Å². The lowest BCUT2D eigenvalue weighted by atomic mass is 10.1. The Morgan fingerprint density at radius 2 is 1.50 bits per heavy atom.